The van der Waals surface area contributed by atoms with E-state index in [0.29, 0.717) is 69.2 Å². The Bertz CT molecular complexity index is 2800. The minimum Gasteiger partial charge on any atom is -0.466 e. The standard InChI is InChI=1S/C59H78N10O10/c1-12-73-52(70)55(2,3)28-49(41-22-16-13-17-23-41)67-34-44(60-63-67)31-66(32-45-35-68(64-61-45)50(42-24-18-14-19-25-42)29-56(4,5)53(71)74-37-47-39-76-58(8,9)78-47)33-46-36-69(65-62-46)51(43-26-20-15-21-27-43)30-57(6,7)54(72)75-38-48-40-77-59(10,11)79-48/h13-27,34-36,47-51H,12,28-33,37-40H2,1-11H3. The molecule has 6 aromatic rings. The fourth-order valence-electron chi connectivity index (χ4n) is 10.0. The summed E-state index contributed by atoms with van der Waals surface area (Å²) in [4.78, 5) is 43.0. The minimum absolute atomic E-state index is 0.0798. The molecule has 2 aliphatic rings. The van der Waals surface area contributed by atoms with Crippen molar-refractivity contribution in [3.8, 4) is 0 Å². The average Bonchev–Trinajstić information content (AvgIpc) is 4.33. The molecule has 0 amide bonds. The van der Waals surface area contributed by atoms with Gasteiger partial charge in [0, 0.05) is 19.6 Å². The zero-order valence-corrected chi connectivity index (χ0v) is 47.6. The van der Waals surface area contributed by atoms with Gasteiger partial charge in [0.25, 0.3) is 0 Å². The lowest BCUT2D eigenvalue weighted by molar-refractivity contribution is -0.166. The number of ether oxygens (including phenoxy) is 7. The molecule has 5 heterocycles. The van der Waals surface area contributed by atoms with Crippen molar-refractivity contribution in [3.63, 3.8) is 0 Å². The van der Waals surface area contributed by atoms with Crippen molar-refractivity contribution in [2.75, 3.05) is 33.0 Å². The summed E-state index contributed by atoms with van der Waals surface area (Å²) in [6.45, 7) is 22.5. The maximum absolute atomic E-state index is 13.8. The molecule has 0 spiro atoms. The summed E-state index contributed by atoms with van der Waals surface area (Å²) in [7, 11) is 0. The second kappa shape index (κ2) is 24.8. The molecule has 20 nitrogen and oxygen atoms in total. The van der Waals surface area contributed by atoms with Crippen LogP contribution in [0, 0.1) is 16.2 Å². The number of carbonyl (C=O) groups is 3. The molecule has 5 unspecified atom stereocenters. The van der Waals surface area contributed by atoms with E-state index in [4.69, 9.17) is 58.9 Å². The van der Waals surface area contributed by atoms with E-state index in [1.54, 1.807) is 6.92 Å². The van der Waals surface area contributed by atoms with Gasteiger partial charge in [0.15, 0.2) is 11.6 Å². The monoisotopic (exact) mass is 1090 g/mol. The van der Waals surface area contributed by atoms with Gasteiger partial charge in [-0.3, -0.25) is 19.3 Å². The summed E-state index contributed by atoms with van der Waals surface area (Å²) >= 11 is 0. The summed E-state index contributed by atoms with van der Waals surface area (Å²) < 4.78 is 45.8. The Hall–Kier alpha value is -6.71. The van der Waals surface area contributed by atoms with Gasteiger partial charge in [-0.15, -0.1) is 15.3 Å². The van der Waals surface area contributed by atoms with Gasteiger partial charge >= 0.3 is 17.9 Å². The first-order valence-electron chi connectivity index (χ1n) is 27.2. The van der Waals surface area contributed by atoms with Crippen LogP contribution in [0.25, 0.3) is 0 Å². The van der Waals surface area contributed by atoms with Crippen LogP contribution in [0.3, 0.4) is 0 Å². The van der Waals surface area contributed by atoms with Crippen LogP contribution in [0.15, 0.2) is 110 Å². The molecule has 2 saturated heterocycles. The molecule has 2 aliphatic heterocycles. The van der Waals surface area contributed by atoms with Crippen molar-refractivity contribution in [1.29, 1.82) is 0 Å². The lowest BCUT2D eigenvalue weighted by Gasteiger charge is -2.28. The number of aromatic nitrogens is 9. The Morgan fingerprint density at radius 3 is 1.11 bits per heavy atom. The molecule has 20 heteroatoms. The molecule has 3 aromatic heterocycles. The number of hydrogen-bond donors (Lipinski definition) is 0. The van der Waals surface area contributed by atoms with Crippen LogP contribution in [-0.2, 0) is 67.2 Å². The van der Waals surface area contributed by atoms with Crippen molar-refractivity contribution < 1.29 is 47.5 Å². The Balaban J connectivity index is 1.07. The summed E-state index contributed by atoms with van der Waals surface area (Å²) in [5.74, 6) is -2.48. The quantitative estimate of drug-likeness (QED) is 0.0367. The summed E-state index contributed by atoms with van der Waals surface area (Å²) in [6.07, 6.45) is 6.15. The fourth-order valence-corrected chi connectivity index (χ4v) is 10.0. The maximum atomic E-state index is 13.8. The molecular weight excluding hydrogens is 1010 g/mol. The average molecular weight is 1090 g/mol. The zero-order valence-electron chi connectivity index (χ0n) is 47.6. The number of carbonyl (C=O) groups excluding carboxylic acids is 3. The highest BCUT2D eigenvalue weighted by atomic mass is 16.8. The van der Waals surface area contributed by atoms with Crippen molar-refractivity contribution in [1.82, 2.24) is 49.9 Å². The molecule has 424 valence electrons. The number of nitrogens with zero attached hydrogens (tertiary/aromatic N) is 10. The van der Waals surface area contributed by atoms with E-state index >= 15 is 0 Å². The third-order valence-corrected chi connectivity index (χ3v) is 14.3. The molecule has 0 N–H and O–H groups in total. The Labute approximate surface area is 463 Å². The molecular formula is C59H78N10O10. The largest absolute Gasteiger partial charge is 0.466 e. The van der Waals surface area contributed by atoms with Crippen LogP contribution in [0.1, 0.15) is 147 Å². The van der Waals surface area contributed by atoms with Gasteiger partial charge in [-0.1, -0.05) is 107 Å². The molecule has 0 radical (unpaired) electrons. The second-order valence-corrected chi connectivity index (χ2v) is 23.6. The number of rotatable bonds is 26. The van der Waals surface area contributed by atoms with E-state index in [9.17, 15) is 14.4 Å². The predicted molar refractivity (Wildman–Crippen MR) is 290 cm³/mol. The summed E-state index contributed by atoms with van der Waals surface area (Å²) in [5.41, 5.74) is 2.14. The van der Waals surface area contributed by atoms with Crippen molar-refractivity contribution >= 4 is 17.9 Å². The van der Waals surface area contributed by atoms with E-state index in [1.165, 1.54) is 0 Å². The first-order valence-corrected chi connectivity index (χ1v) is 27.2. The van der Waals surface area contributed by atoms with Gasteiger partial charge in [-0.05, 0) is 112 Å². The highest BCUT2D eigenvalue weighted by molar-refractivity contribution is 5.77. The van der Waals surface area contributed by atoms with Gasteiger partial charge in [0.1, 0.15) is 25.4 Å². The number of esters is 3. The van der Waals surface area contributed by atoms with E-state index in [2.05, 4.69) is 10.1 Å². The Morgan fingerprint density at radius 2 is 0.835 bits per heavy atom. The first kappa shape index (κ1) is 58.4. The highest BCUT2D eigenvalue weighted by Gasteiger charge is 2.40. The van der Waals surface area contributed by atoms with E-state index in [-0.39, 0.29) is 68.1 Å². The summed E-state index contributed by atoms with van der Waals surface area (Å²) in [5, 5.41) is 28.2. The first-order chi connectivity index (χ1) is 37.5. The SMILES string of the molecule is CCOC(=O)C(C)(C)CC(c1ccccc1)n1cc(CN(Cc2cn(C(CC(C)(C)C(=O)OCC3COC(C)(C)O3)c3ccccc3)nn2)Cc2cn(C(CC(C)(C)C(=O)OCC3COC(C)(C)O3)c3ccccc3)nn2)nn1. The van der Waals surface area contributed by atoms with Crippen molar-refractivity contribution in [2.45, 2.75) is 157 Å². The van der Waals surface area contributed by atoms with Crippen LogP contribution in [0.4, 0.5) is 0 Å². The topological polar surface area (TPSA) is 211 Å². The lowest BCUT2D eigenvalue weighted by Crippen LogP contribution is -2.33. The molecule has 0 bridgehead atoms. The van der Waals surface area contributed by atoms with Crippen molar-refractivity contribution in [3.05, 3.63) is 143 Å². The number of benzene rings is 3. The van der Waals surface area contributed by atoms with Crippen LogP contribution >= 0.6 is 0 Å². The van der Waals surface area contributed by atoms with Gasteiger partial charge in [0.05, 0.1) is 89.9 Å². The zero-order chi connectivity index (χ0) is 56.6. The molecule has 8 rings (SSSR count). The molecule has 79 heavy (non-hydrogen) atoms. The Morgan fingerprint density at radius 1 is 0.532 bits per heavy atom. The third-order valence-electron chi connectivity index (χ3n) is 14.3. The van der Waals surface area contributed by atoms with E-state index < -0.39 is 27.8 Å². The normalized spacial score (nSPS) is 18.5. The van der Waals surface area contributed by atoms with Crippen LogP contribution in [-0.4, -0.2) is 125 Å². The van der Waals surface area contributed by atoms with E-state index in [0.717, 1.165) is 16.7 Å². The van der Waals surface area contributed by atoms with E-state index in [1.807, 2.05) is 193 Å². The third kappa shape index (κ3) is 15.6. The van der Waals surface area contributed by atoms with Crippen LogP contribution in [0.2, 0.25) is 0 Å². The predicted octanol–water partition coefficient (Wildman–Crippen LogP) is 8.63. The Kier molecular flexibility index (Phi) is 18.3. The minimum atomic E-state index is -0.932. The van der Waals surface area contributed by atoms with Gasteiger partial charge in [-0.2, -0.15) is 0 Å². The van der Waals surface area contributed by atoms with Gasteiger partial charge < -0.3 is 33.2 Å². The summed E-state index contributed by atoms with van der Waals surface area (Å²) in [6, 6.07) is 28.7. The molecule has 5 atom stereocenters. The molecule has 2 fully saturated rings. The second-order valence-electron chi connectivity index (χ2n) is 23.6. The maximum Gasteiger partial charge on any atom is 0.311 e. The molecule has 0 saturated carbocycles. The van der Waals surface area contributed by atoms with Crippen LogP contribution in [0.5, 0.6) is 0 Å². The molecule has 3 aromatic carbocycles. The highest BCUT2D eigenvalue weighted by Crippen LogP contribution is 2.38. The molecule has 0 aliphatic carbocycles. The fraction of sp³-hybridized carbons (Fsp3) is 0.542. The van der Waals surface area contributed by atoms with Gasteiger partial charge in [-0.25, -0.2) is 14.0 Å². The smallest absolute Gasteiger partial charge is 0.311 e. The van der Waals surface area contributed by atoms with Gasteiger partial charge in [0.2, 0.25) is 0 Å². The lowest BCUT2D eigenvalue weighted by atomic mass is 9.83. The van der Waals surface area contributed by atoms with Crippen molar-refractivity contribution in [2.24, 2.45) is 16.2 Å². The number of hydrogen-bond acceptors (Lipinski definition) is 17. The van der Waals surface area contributed by atoms with Crippen LogP contribution < -0.4 is 0 Å².